The summed E-state index contributed by atoms with van der Waals surface area (Å²) in [6, 6.07) is 25.5. The smallest absolute Gasteiger partial charge is 0.0464 e. The number of hydrogen-bond donors (Lipinski definition) is 2. The summed E-state index contributed by atoms with van der Waals surface area (Å²) in [4.78, 5) is 0. The van der Waals surface area contributed by atoms with E-state index in [9.17, 15) is 0 Å². The first kappa shape index (κ1) is 23.9. The Hall–Kier alpha value is -3.36. The lowest BCUT2D eigenvalue weighted by Gasteiger charge is -2.27. The van der Waals surface area contributed by atoms with Crippen molar-refractivity contribution in [1.29, 1.82) is 0 Å². The first-order valence-electron chi connectivity index (χ1n) is 10.5. The molecule has 1 aliphatic heterocycles. The molecule has 0 amide bonds. The third kappa shape index (κ3) is 6.31. The zero-order valence-electron chi connectivity index (χ0n) is 19.3. The Morgan fingerprint density at radius 1 is 0.774 bits per heavy atom. The molecule has 2 heteroatoms. The van der Waals surface area contributed by atoms with Gasteiger partial charge in [0.15, 0.2) is 0 Å². The van der Waals surface area contributed by atoms with Gasteiger partial charge in [0.25, 0.3) is 0 Å². The Kier molecular flexibility index (Phi) is 9.05. The molecule has 0 saturated heterocycles. The summed E-state index contributed by atoms with van der Waals surface area (Å²) < 4.78 is 0. The van der Waals surface area contributed by atoms with Gasteiger partial charge in [-0.25, -0.2) is 0 Å². The summed E-state index contributed by atoms with van der Waals surface area (Å²) in [6.07, 6.45) is 0. The van der Waals surface area contributed by atoms with E-state index in [4.69, 9.17) is 0 Å². The van der Waals surface area contributed by atoms with Crippen molar-refractivity contribution in [2.24, 2.45) is 0 Å². The minimum atomic E-state index is 0.795. The normalized spacial score (nSPS) is 11.9. The first-order chi connectivity index (χ1) is 15.0. The highest BCUT2D eigenvalue weighted by Gasteiger charge is 2.22. The number of benzene rings is 3. The van der Waals surface area contributed by atoms with Crippen LogP contribution in [0.15, 0.2) is 104 Å². The molecule has 1 aliphatic rings. The molecule has 4 rings (SSSR count). The maximum atomic E-state index is 4.20. The molecule has 1 heterocycles. The number of nitrogens with one attached hydrogen (secondary N) is 2. The Labute approximate surface area is 188 Å². The Bertz CT molecular complexity index is 1010. The summed E-state index contributed by atoms with van der Waals surface area (Å²) in [6.45, 7) is 17.3. The zero-order chi connectivity index (χ0) is 22.8. The van der Waals surface area contributed by atoms with E-state index < -0.39 is 0 Å². The summed E-state index contributed by atoms with van der Waals surface area (Å²) in [5, 5.41) is 6.68. The number of rotatable bonds is 3. The maximum absolute atomic E-state index is 4.20. The average Bonchev–Trinajstić information content (AvgIpc) is 2.79. The van der Waals surface area contributed by atoms with Gasteiger partial charge < -0.3 is 10.6 Å². The van der Waals surface area contributed by atoms with Crippen LogP contribution in [0, 0.1) is 20.8 Å². The molecule has 0 saturated carbocycles. The van der Waals surface area contributed by atoms with Crippen LogP contribution in [0.25, 0.3) is 5.57 Å². The van der Waals surface area contributed by atoms with Crippen molar-refractivity contribution >= 4 is 11.3 Å². The lowest BCUT2D eigenvalue weighted by molar-refractivity contribution is 0.886. The molecular weight excluding hydrogens is 376 g/mol. The molecule has 0 unspecified atom stereocenters. The van der Waals surface area contributed by atoms with Gasteiger partial charge in [0.05, 0.1) is 0 Å². The Balaban J connectivity index is 0.000000286. The highest BCUT2D eigenvalue weighted by atomic mass is 14.9. The molecule has 0 atom stereocenters. The molecule has 0 fully saturated rings. The largest absolute Gasteiger partial charge is 0.355 e. The van der Waals surface area contributed by atoms with E-state index >= 15 is 0 Å². The number of anilines is 1. The van der Waals surface area contributed by atoms with E-state index in [2.05, 4.69) is 124 Å². The maximum Gasteiger partial charge on any atom is 0.0464 e. The van der Waals surface area contributed by atoms with Crippen LogP contribution in [-0.2, 0) is 0 Å². The monoisotopic (exact) mass is 410 g/mol. The van der Waals surface area contributed by atoms with Crippen molar-refractivity contribution < 1.29 is 0 Å². The van der Waals surface area contributed by atoms with Gasteiger partial charge in [0.2, 0.25) is 0 Å². The molecule has 2 N–H and O–H groups in total. The predicted molar refractivity (Wildman–Crippen MR) is 138 cm³/mol. The van der Waals surface area contributed by atoms with Gasteiger partial charge in [-0.15, -0.1) is 13.2 Å². The van der Waals surface area contributed by atoms with Crippen LogP contribution >= 0.6 is 0 Å². The lowest BCUT2D eigenvalue weighted by Crippen LogP contribution is -2.20. The highest BCUT2D eigenvalue weighted by molar-refractivity contribution is 5.94. The third-order valence-electron chi connectivity index (χ3n) is 5.03. The summed E-state index contributed by atoms with van der Waals surface area (Å²) in [5.41, 5.74) is 11.0. The van der Waals surface area contributed by atoms with Gasteiger partial charge in [0, 0.05) is 23.5 Å². The van der Waals surface area contributed by atoms with Crippen LogP contribution in [0.3, 0.4) is 0 Å². The topological polar surface area (TPSA) is 24.1 Å². The Morgan fingerprint density at radius 3 is 1.87 bits per heavy atom. The molecular formula is C29H34N2. The van der Waals surface area contributed by atoms with Crippen molar-refractivity contribution in [2.75, 3.05) is 18.9 Å². The van der Waals surface area contributed by atoms with Crippen molar-refractivity contribution in [1.82, 2.24) is 5.32 Å². The minimum Gasteiger partial charge on any atom is -0.355 e. The fourth-order valence-electron chi connectivity index (χ4n) is 3.47. The van der Waals surface area contributed by atoms with Gasteiger partial charge in [0.1, 0.15) is 0 Å². The molecule has 3 aromatic carbocycles. The molecule has 0 spiro atoms. The molecule has 2 nitrogen and oxygen atoms in total. The molecule has 160 valence electrons. The predicted octanol–water partition coefficient (Wildman–Crippen LogP) is 7.06. The van der Waals surface area contributed by atoms with Gasteiger partial charge in [-0.3, -0.25) is 0 Å². The highest BCUT2D eigenvalue weighted by Crippen LogP contribution is 2.39. The van der Waals surface area contributed by atoms with Gasteiger partial charge in [-0.2, -0.15) is 0 Å². The van der Waals surface area contributed by atoms with Gasteiger partial charge in [-0.05, 0) is 56.7 Å². The SMILES string of the molecule is C=C.C=C1Nc2ccc(C)cc2C(c2ccccc2)=C1CNC.Cc1ccc(C)cc1. The lowest BCUT2D eigenvalue weighted by atomic mass is 9.87. The van der Waals surface area contributed by atoms with Crippen LogP contribution in [0.5, 0.6) is 0 Å². The van der Waals surface area contributed by atoms with Crippen LogP contribution in [0.2, 0.25) is 0 Å². The van der Waals surface area contributed by atoms with E-state index in [0.29, 0.717) is 0 Å². The molecule has 0 aromatic heterocycles. The fraction of sp³-hybridized carbons (Fsp3) is 0.172. The molecule has 0 bridgehead atoms. The van der Waals surface area contributed by atoms with Crippen molar-refractivity contribution in [3.8, 4) is 0 Å². The standard InChI is InChI=1S/C19H20N2.C8H10.C2H4/c1-13-9-10-18-16(11-13)19(15-7-5-4-6-8-15)17(12-20-3)14(2)21-18;1-7-3-5-8(2)6-4-7;1-2/h4-11,20-21H,2,12H2,1,3H3;3-6H,1-2H3;1-2H2. The summed E-state index contributed by atoms with van der Waals surface area (Å²) in [7, 11) is 1.97. The van der Waals surface area contributed by atoms with Crippen molar-refractivity contribution in [3.63, 3.8) is 0 Å². The second-order valence-corrected chi connectivity index (χ2v) is 7.56. The average molecular weight is 411 g/mol. The van der Waals surface area contributed by atoms with Crippen LogP contribution < -0.4 is 10.6 Å². The number of likely N-dealkylation sites (N-methyl/N-ethyl adjacent to an activating group) is 1. The van der Waals surface area contributed by atoms with Crippen molar-refractivity contribution in [2.45, 2.75) is 20.8 Å². The molecule has 0 aliphatic carbocycles. The summed E-state index contributed by atoms with van der Waals surface area (Å²) >= 11 is 0. The Morgan fingerprint density at radius 2 is 1.32 bits per heavy atom. The van der Waals surface area contributed by atoms with E-state index in [1.165, 1.54) is 39.0 Å². The van der Waals surface area contributed by atoms with Crippen LogP contribution in [0.1, 0.15) is 27.8 Å². The van der Waals surface area contributed by atoms with Crippen molar-refractivity contribution in [3.05, 3.63) is 132 Å². The second-order valence-electron chi connectivity index (χ2n) is 7.56. The fourth-order valence-corrected chi connectivity index (χ4v) is 3.47. The van der Waals surface area contributed by atoms with E-state index in [0.717, 1.165) is 17.9 Å². The molecule has 31 heavy (non-hydrogen) atoms. The van der Waals surface area contributed by atoms with Gasteiger partial charge in [-0.1, -0.05) is 83.9 Å². The van der Waals surface area contributed by atoms with E-state index in [1.807, 2.05) is 7.05 Å². The van der Waals surface area contributed by atoms with E-state index in [-0.39, 0.29) is 0 Å². The van der Waals surface area contributed by atoms with Gasteiger partial charge >= 0.3 is 0 Å². The summed E-state index contributed by atoms with van der Waals surface area (Å²) in [5.74, 6) is 0. The quantitative estimate of drug-likeness (QED) is 0.452. The number of hydrogen-bond acceptors (Lipinski definition) is 2. The third-order valence-corrected chi connectivity index (χ3v) is 5.03. The zero-order valence-corrected chi connectivity index (χ0v) is 19.3. The second kappa shape index (κ2) is 11.7. The number of fused-ring (bicyclic) bond motifs is 1. The molecule has 0 radical (unpaired) electrons. The minimum absolute atomic E-state index is 0.795. The number of aryl methyl sites for hydroxylation is 3. The van der Waals surface area contributed by atoms with Crippen LogP contribution in [-0.4, -0.2) is 13.6 Å². The van der Waals surface area contributed by atoms with E-state index in [1.54, 1.807) is 0 Å². The first-order valence-corrected chi connectivity index (χ1v) is 10.5. The molecule has 3 aromatic rings. The van der Waals surface area contributed by atoms with Crippen LogP contribution in [0.4, 0.5) is 5.69 Å².